The summed E-state index contributed by atoms with van der Waals surface area (Å²) in [6.07, 6.45) is 0. The van der Waals surface area contributed by atoms with Gasteiger partial charge in [-0.2, -0.15) is 0 Å². The molecule has 1 aromatic heterocycles. The summed E-state index contributed by atoms with van der Waals surface area (Å²) in [5.74, 6) is 0.221. The van der Waals surface area contributed by atoms with E-state index in [0.29, 0.717) is 17.0 Å². The molecule has 1 amide bonds. The molecule has 1 aromatic carbocycles. The highest BCUT2D eigenvalue weighted by atomic mass is 16.5. The maximum atomic E-state index is 12.0. The van der Waals surface area contributed by atoms with E-state index in [1.807, 2.05) is 6.92 Å². The molecule has 2 N–H and O–H groups in total. The van der Waals surface area contributed by atoms with Crippen molar-refractivity contribution in [2.75, 3.05) is 5.32 Å². The Morgan fingerprint density at radius 2 is 2.06 bits per heavy atom. The topological polar surface area (TPSA) is 75.4 Å². The third-order valence-electron chi connectivity index (χ3n) is 2.84. The van der Waals surface area contributed by atoms with Crippen LogP contribution in [0, 0.1) is 20.8 Å². The first-order valence-corrected chi connectivity index (χ1v) is 5.53. The molecule has 5 heteroatoms. The number of nitrogens with one attached hydrogen (secondary N) is 1. The van der Waals surface area contributed by atoms with Gasteiger partial charge in [0.1, 0.15) is 5.75 Å². The minimum atomic E-state index is -0.294. The van der Waals surface area contributed by atoms with Gasteiger partial charge in [0.2, 0.25) is 5.88 Å². The number of benzene rings is 1. The van der Waals surface area contributed by atoms with Gasteiger partial charge in [-0.25, -0.2) is 0 Å². The minimum Gasteiger partial charge on any atom is -0.508 e. The molecule has 5 nitrogen and oxygen atoms in total. The molecule has 0 radical (unpaired) electrons. The number of carbonyl (C=O) groups is 1. The first-order chi connectivity index (χ1) is 8.49. The van der Waals surface area contributed by atoms with Crippen molar-refractivity contribution in [3.8, 4) is 5.75 Å². The Kier molecular flexibility index (Phi) is 3.06. The van der Waals surface area contributed by atoms with E-state index in [4.69, 9.17) is 4.52 Å². The fraction of sp³-hybridized carbons (Fsp3) is 0.231. The Hall–Kier alpha value is -2.30. The number of hydrogen-bond acceptors (Lipinski definition) is 4. The van der Waals surface area contributed by atoms with Crippen LogP contribution in [-0.4, -0.2) is 16.2 Å². The van der Waals surface area contributed by atoms with Gasteiger partial charge in [-0.3, -0.25) is 10.1 Å². The Morgan fingerprint density at radius 3 is 2.61 bits per heavy atom. The summed E-state index contributed by atoms with van der Waals surface area (Å²) < 4.78 is 5.01. The van der Waals surface area contributed by atoms with Crippen molar-refractivity contribution < 1.29 is 14.4 Å². The number of rotatable bonds is 2. The quantitative estimate of drug-likeness (QED) is 0.853. The molecular formula is C13H14N2O3. The Morgan fingerprint density at radius 1 is 1.33 bits per heavy atom. The van der Waals surface area contributed by atoms with E-state index in [-0.39, 0.29) is 11.7 Å². The van der Waals surface area contributed by atoms with Crippen molar-refractivity contribution in [3.63, 3.8) is 0 Å². The van der Waals surface area contributed by atoms with Gasteiger partial charge in [-0.05, 0) is 44.5 Å². The molecule has 0 aliphatic carbocycles. The number of phenolic OH excluding ortho intramolecular Hbond substituents is 1. The lowest BCUT2D eigenvalue weighted by Gasteiger charge is -2.04. The van der Waals surface area contributed by atoms with E-state index in [1.165, 1.54) is 6.07 Å². The lowest BCUT2D eigenvalue weighted by atomic mass is 10.1. The average molecular weight is 246 g/mol. The first kappa shape index (κ1) is 12.2. The molecule has 2 aromatic rings. The van der Waals surface area contributed by atoms with Crippen molar-refractivity contribution in [1.82, 2.24) is 5.16 Å². The molecule has 0 atom stereocenters. The average Bonchev–Trinajstić information content (AvgIpc) is 2.64. The van der Waals surface area contributed by atoms with Crippen LogP contribution in [0.5, 0.6) is 5.75 Å². The van der Waals surface area contributed by atoms with Gasteiger partial charge in [0, 0.05) is 11.1 Å². The van der Waals surface area contributed by atoms with E-state index in [0.717, 1.165) is 11.3 Å². The number of nitrogens with zero attached hydrogens (tertiary/aromatic N) is 1. The molecule has 2 rings (SSSR count). The van der Waals surface area contributed by atoms with Crippen LogP contribution in [0.15, 0.2) is 22.7 Å². The zero-order valence-electron chi connectivity index (χ0n) is 10.4. The third kappa shape index (κ3) is 2.20. The normalized spacial score (nSPS) is 10.4. The van der Waals surface area contributed by atoms with Gasteiger partial charge < -0.3 is 9.63 Å². The lowest BCUT2D eigenvalue weighted by molar-refractivity contribution is 0.102. The number of aromatic hydroxyl groups is 1. The van der Waals surface area contributed by atoms with Gasteiger partial charge in [0.05, 0.1) is 5.69 Å². The lowest BCUT2D eigenvalue weighted by Crippen LogP contribution is -2.12. The van der Waals surface area contributed by atoms with Crippen LogP contribution in [0.2, 0.25) is 0 Å². The van der Waals surface area contributed by atoms with E-state index in [1.54, 1.807) is 26.0 Å². The highest BCUT2D eigenvalue weighted by Crippen LogP contribution is 2.20. The standard InChI is InChI=1S/C13H14N2O3/c1-7-6-10(4-5-11(7)16)12(17)14-13-8(2)9(3)15-18-13/h4-6,16H,1-3H3,(H,14,17). The van der Waals surface area contributed by atoms with Crippen LogP contribution in [-0.2, 0) is 0 Å². The molecule has 0 aliphatic rings. The van der Waals surface area contributed by atoms with Crippen LogP contribution in [0.1, 0.15) is 27.2 Å². The molecule has 0 spiro atoms. The summed E-state index contributed by atoms with van der Waals surface area (Å²) in [6.45, 7) is 5.36. The molecule has 0 aliphatic heterocycles. The molecule has 1 heterocycles. The summed E-state index contributed by atoms with van der Waals surface area (Å²) in [5, 5.41) is 15.8. The predicted molar refractivity (Wildman–Crippen MR) is 66.8 cm³/mol. The van der Waals surface area contributed by atoms with Crippen molar-refractivity contribution >= 4 is 11.8 Å². The molecule has 0 bridgehead atoms. The number of carbonyl (C=O) groups excluding carboxylic acids is 1. The molecule has 0 fully saturated rings. The largest absolute Gasteiger partial charge is 0.508 e. The van der Waals surface area contributed by atoms with Crippen molar-refractivity contribution in [2.24, 2.45) is 0 Å². The fourth-order valence-corrected chi connectivity index (χ4v) is 1.50. The monoisotopic (exact) mass is 246 g/mol. The highest BCUT2D eigenvalue weighted by molar-refractivity contribution is 6.04. The molecule has 94 valence electrons. The van der Waals surface area contributed by atoms with Gasteiger partial charge >= 0.3 is 0 Å². The fourth-order valence-electron chi connectivity index (χ4n) is 1.50. The van der Waals surface area contributed by atoms with E-state index >= 15 is 0 Å². The number of anilines is 1. The van der Waals surface area contributed by atoms with Gasteiger partial charge in [0.25, 0.3) is 5.91 Å². The zero-order chi connectivity index (χ0) is 13.3. The molecule has 0 unspecified atom stereocenters. The second-order valence-corrected chi connectivity index (χ2v) is 4.18. The number of aromatic nitrogens is 1. The first-order valence-electron chi connectivity index (χ1n) is 5.53. The Balaban J connectivity index is 2.22. The summed E-state index contributed by atoms with van der Waals surface area (Å²) in [7, 11) is 0. The Labute approximate surface area is 104 Å². The van der Waals surface area contributed by atoms with Crippen molar-refractivity contribution in [3.05, 3.63) is 40.6 Å². The van der Waals surface area contributed by atoms with Crippen LogP contribution in [0.3, 0.4) is 0 Å². The zero-order valence-corrected chi connectivity index (χ0v) is 10.4. The van der Waals surface area contributed by atoms with Crippen molar-refractivity contribution in [2.45, 2.75) is 20.8 Å². The second kappa shape index (κ2) is 4.52. The SMILES string of the molecule is Cc1cc(C(=O)Nc2onc(C)c2C)ccc1O. The number of amides is 1. The minimum absolute atomic E-state index is 0.165. The highest BCUT2D eigenvalue weighted by Gasteiger charge is 2.13. The summed E-state index contributed by atoms with van der Waals surface area (Å²) in [5.41, 5.74) is 2.65. The van der Waals surface area contributed by atoms with Crippen LogP contribution < -0.4 is 5.32 Å². The van der Waals surface area contributed by atoms with E-state index < -0.39 is 0 Å². The predicted octanol–water partition coefficient (Wildman–Crippen LogP) is 2.56. The van der Waals surface area contributed by atoms with Crippen LogP contribution in [0.25, 0.3) is 0 Å². The molecular weight excluding hydrogens is 232 g/mol. The third-order valence-corrected chi connectivity index (χ3v) is 2.84. The smallest absolute Gasteiger partial charge is 0.258 e. The van der Waals surface area contributed by atoms with Gasteiger partial charge in [-0.15, -0.1) is 0 Å². The molecule has 0 saturated carbocycles. The van der Waals surface area contributed by atoms with Crippen LogP contribution in [0.4, 0.5) is 5.88 Å². The van der Waals surface area contributed by atoms with Crippen molar-refractivity contribution in [1.29, 1.82) is 0 Å². The Bertz CT molecular complexity index is 602. The maximum Gasteiger partial charge on any atom is 0.258 e. The number of hydrogen-bond donors (Lipinski definition) is 2. The summed E-state index contributed by atoms with van der Waals surface area (Å²) in [4.78, 5) is 12.0. The van der Waals surface area contributed by atoms with Gasteiger partial charge in [-0.1, -0.05) is 5.16 Å². The van der Waals surface area contributed by atoms with Crippen LogP contribution >= 0.6 is 0 Å². The molecule has 0 saturated heterocycles. The van der Waals surface area contributed by atoms with Gasteiger partial charge in [0.15, 0.2) is 0 Å². The second-order valence-electron chi connectivity index (χ2n) is 4.18. The maximum absolute atomic E-state index is 12.0. The number of aryl methyl sites for hydroxylation is 2. The van der Waals surface area contributed by atoms with E-state index in [2.05, 4.69) is 10.5 Å². The number of phenols is 1. The summed E-state index contributed by atoms with van der Waals surface area (Å²) >= 11 is 0. The van der Waals surface area contributed by atoms with E-state index in [9.17, 15) is 9.90 Å². The summed E-state index contributed by atoms with van der Waals surface area (Å²) in [6, 6.07) is 4.65. The molecule has 18 heavy (non-hydrogen) atoms.